The Morgan fingerprint density at radius 1 is 1.02 bits per heavy atom. The Hall–Kier alpha value is -3.00. The first-order valence-corrected chi connectivity index (χ1v) is 15.9. The van der Waals surface area contributed by atoms with Crippen molar-refractivity contribution >= 4 is 46.6 Å². The van der Waals surface area contributed by atoms with Gasteiger partial charge in [0.2, 0.25) is 0 Å². The van der Waals surface area contributed by atoms with Crippen molar-refractivity contribution in [2.45, 2.75) is 88.4 Å². The van der Waals surface area contributed by atoms with Crippen LogP contribution < -0.4 is 4.72 Å². The number of ether oxygens (including phenoxy) is 2. The molecule has 2 heterocycles. The number of nitrogens with zero attached hydrogens (tertiary/aromatic N) is 1. The molecule has 2 N–H and O–H groups in total. The Labute approximate surface area is 269 Å². The van der Waals surface area contributed by atoms with Gasteiger partial charge in [0.05, 0.1) is 30.0 Å². The highest BCUT2D eigenvalue weighted by atomic mass is 35.5. The first-order valence-electron chi connectivity index (χ1n) is 14.3. The molecule has 8 heteroatoms. The second-order valence-electron chi connectivity index (χ2n) is 10.0. The van der Waals surface area contributed by atoms with E-state index in [4.69, 9.17) is 21.1 Å². The highest BCUT2D eigenvalue weighted by Gasteiger charge is 2.26. The molecule has 1 unspecified atom stereocenters. The van der Waals surface area contributed by atoms with Crippen molar-refractivity contribution in [3.05, 3.63) is 70.5 Å². The van der Waals surface area contributed by atoms with E-state index in [1.54, 1.807) is 18.1 Å². The maximum atomic E-state index is 8.95. The molecule has 0 saturated heterocycles. The van der Waals surface area contributed by atoms with Gasteiger partial charge in [-0.1, -0.05) is 88.5 Å². The van der Waals surface area contributed by atoms with Gasteiger partial charge in [-0.2, -0.15) is 0 Å². The van der Waals surface area contributed by atoms with E-state index in [1.165, 1.54) is 34.9 Å². The normalized spacial score (nSPS) is 10.9. The number of hydrogen-bond acceptors (Lipinski definition) is 6. The number of carbonyl (C=O) groups excluding carboxylic acids is 1. The summed E-state index contributed by atoms with van der Waals surface area (Å²) in [5.74, 6) is 0. The van der Waals surface area contributed by atoms with Crippen LogP contribution >= 0.6 is 23.5 Å². The van der Waals surface area contributed by atoms with E-state index >= 15 is 0 Å². The molecule has 0 bridgehead atoms. The Bertz CT molecular complexity index is 1400. The lowest BCUT2D eigenvalue weighted by molar-refractivity contribution is -0.126. The van der Waals surface area contributed by atoms with E-state index in [0.717, 1.165) is 27.8 Å². The number of benzene rings is 2. The van der Waals surface area contributed by atoms with E-state index in [2.05, 4.69) is 91.3 Å². The molecule has 238 valence electrons. The van der Waals surface area contributed by atoms with Crippen molar-refractivity contribution in [1.82, 2.24) is 9.97 Å². The molecule has 0 spiro atoms. The van der Waals surface area contributed by atoms with Gasteiger partial charge in [-0.05, 0) is 82.0 Å². The first kappa shape index (κ1) is 40.0. The van der Waals surface area contributed by atoms with Crippen molar-refractivity contribution in [3.63, 3.8) is 0 Å². The van der Waals surface area contributed by atoms with Crippen molar-refractivity contribution in [2.24, 2.45) is 0 Å². The molecule has 2 aromatic heterocycles. The number of halogens is 1. The molecular weight excluding hydrogens is 578 g/mol. The van der Waals surface area contributed by atoms with Gasteiger partial charge >= 0.3 is 0 Å². The second-order valence-corrected chi connectivity index (χ2v) is 11.0. The van der Waals surface area contributed by atoms with Gasteiger partial charge in [0.15, 0.2) is 0 Å². The number of aromatic amines is 1. The third kappa shape index (κ3) is 10.9. The molecule has 0 fully saturated rings. The van der Waals surface area contributed by atoms with Gasteiger partial charge in [0, 0.05) is 29.1 Å². The highest BCUT2D eigenvalue weighted by Crippen LogP contribution is 2.46. The van der Waals surface area contributed by atoms with E-state index in [9.17, 15) is 0 Å². The molecular formula is C35H52ClN3O3S. The number of aryl methyl sites for hydroxylation is 1. The summed E-state index contributed by atoms with van der Waals surface area (Å²) in [6, 6.07) is 14.8. The van der Waals surface area contributed by atoms with Gasteiger partial charge in [-0.25, -0.2) is 4.98 Å². The standard InChI is InChI=1S/C28H32ClN3OS.C2H4O2.2C2H6.CH4/c1-16-8-10-19(11-9-16)25-21-15-22(20-12-13-30-23(29)14-20)31-27(21)26(32-34-7)17(2)24(25)18(3)33-28(4,5)6;1-4-2-3;2*1-2;/h8-15,18,31-32H,1-7H3;2H,1H3;2*1-2H3;1H4. The maximum Gasteiger partial charge on any atom is 0.292 e. The van der Waals surface area contributed by atoms with Crippen LogP contribution in [0.15, 0.2) is 48.7 Å². The van der Waals surface area contributed by atoms with Crippen molar-refractivity contribution < 1.29 is 14.3 Å². The lowest BCUT2D eigenvalue weighted by Crippen LogP contribution is -2.22. The second kappa shape index (κ2) is 19.3. The lowest BCUT2D eigenvalue weighted by Gasteiger charge is -2.29. The number of H-pyrrole nitrogens is 1. The number of methoxy groups -OCH3 is 1. The van der Waals surface area contributed by atoms with E-state index in [1.807, 2.05) is 46.1 Å². The van der Waals surface area contributed by atoms with Crippen LogP contribution in [-0.2, 0) is 14.3 Å². The van der Waals surface area contributed by atoms with Gasteiger partial charge < -0.3 is 19.2 Å². The SMILES string of the molecule is C.CC.CC.COC=O.CSNc1c(C)c(C(C)OC(C)(C)C)c(-c2ccc(C)cc2)c2cc(-c3ccnc(Cl)c3)[nH]c12. The number of fused-ring (bicyclic) bond motifs is 1. The number of nitrogens with one attached hydrogen (secondary N) is 2. The summed E-state index contributed by atoms with van der Waals surface area (Å²) in [5.41, 5.74) is 9.84. The molecule has 6 nitrogen and oxygen atoms in total. The van der Waals surface area contributed by atoms with Crippen LogP contribution in [0.25, 0.3) is 33.3 Å². The monoisotopic (exact) mass is 629 g/mol. The summed E-state index contributed by atoms with van der Waals surface area (Å²) in [6.45, 7) is 21.1. The van der Waals surface area contributed by atoms with Crippen LogP contribution in [0, 0.1) is 13.8 Å². The third-order valence-electron chi connectivity index (χ3n) is 6.00. The molecule has 1 atom stereocenters. The average Bonchev–Trinajstić information content (AvgIpc) is 3.41. The van der Waals surface area contributed by atoms with E-state index in [0.29, 0.717) is 11.6 Å². The quantitative estimate of drug-likeness (QED) is 0.120. The minimum Gasteiger partial charge on any atom is -0.471 e. The van der Waals surface area contributed by atoms with Crippen LogP contribution in [0.4, 0.5) is 5.69 Å². The minimum atomic E-state index is -0.268. The smallest absolute Gasteiger partial charge is 0.292 e. The van der Waals surface area contributed by atoms with Crippen LogP contribution in [-0.4, -0.2) is 35.4 Å². The first-order chi connectivity index (χ1) is 20.0. The average molecular weight is 630 g/mol. The molecule has 4 rings (SSSR count). The Morgan fingerprint density at radius 3 is 2.09 bits per heavy atom. The fourth-order valence-corrected chi connectivity index (χ4v) is 5.22. The predicted molar refractivity (Wildman–Crippen MR) is 190 cm³/mol. The van der Waals surface area contributed by atoms with E-state index in [-0.39, 0.29) is 19.1 Å². The number of carbonyl (C=O) groups is 1. The zero-order valence-electron chi connectivity index (χ0n) is 27.2. The molecule has 0 aliphatic rings. The van der Waals surface area contributed by atoms with Crippen molar-refractivity contribution in [3.8, 4) is 22.4 Å². The maximum absolute atomic E-state index is 8.95. The van der Waals surface area contributed by atoms with Crippen LogP contribution in [0.2, 0.25) is 5.15 Å². The fraction of sp³-hybridized carbons (Fsp3) is 0.429. The van der Waals surface area contributed by atoms with Crippen molar-refractivity contribution in [2.75, 3.05) is 18.1 Å². The van der Waals surface area contributed by atoms with E-state index < -0.39 is 0 Å². The number of hydrogen-bond donors (Lipinski definition) is 2. The van der Waals surface area contributed by atoms with Crippen LogP contribution in [0.3, 0.4) is 0 Å². The summed E-state index contributed by atoms with van der Waals surface area (Å²) < 4.78 is 13.9. The highest BCUT2D eigenvalue weighted by molar-refractivity contribution is 7.99. The summed E-state index contributed by atoms with van der Waals surface area (Å²) >= 11 is 7.80. The number of anilines is 1. The van der Waals surface area contributed by atoms with Gasteiger partial charge in [0.1, 0.15) is 5.15 Å². The lowest BCUT2D eigenvalue weighted by atomic mass is 9.88. The van der Waals surface area contributed by atoms with Crippen LogP contribution in [0.1, 0.15) is 85.6 Å². The largest absolute Gasteiger partial charge is 0.471 e. The number of aromatic nitrogens is 2. The number of pyridine rings is 1. The molecule has 43 heavy (non-hydrogen) atoms. The zero-order chi connectivity index (χ0) is 32.0. The van der Waals surface area contributed by atoms with Crippen molar-refractivity contribution in [1.29, 1.82) is 0 Å². The minimum absolute atomic E-state index is 0. The molecule has 0 aliphatic heterocycles. The van der Waals surface area contributed by atoms with Crippen LogP contribution in [0.5, 0.6) is 0 Å². The molecule has 0 aliphatic carbocycles. The topological polar surface area (TPSA) is 76.2 Å². The third-order valence-corrected chi connectivity index (χ3v) is 6.62. The predicted octanol–water partition coefficient (Wildman–Crippen LogP) is 11.2. The Balaban J connectivity index is 0.00000178. The zero-order valence-corrected chi connectivity index (χ0v) is 28.8. The molecule has 4 aromatic rings. The van der Waals surface area contributed by atoms with Gasteiger partial charge in [-0.15, -0.1) is 0 Å². The molecule has 0 amide bonds. The number of rotatable bonds is 7. The molecule has 0 saturated carbocycles. The Morgan fingerprint density at radius 2 is 1.60 bits per heavy atom. The molecule has 2 aromatic carbocycles. The summed E-state index contributed by atoms with van der Waals surface area (Å²) in [5, 5.41) is 1.62. The summed E-state index contributed by atoms with van der Waals surface area (Å²) in [6.07, 6.45) is 3.68. The summed E-state index contributed by atoms with van der Waals surface area (Å²) in [7, 11) is 1.31. The fourth-order valence-electron chi connectivity index (χ4n) is 4.59. The molecule has 0 radical (unpaired) electrons. The van der Waals surface area contributed by atoms with Gasteiger partial charge in [-0.3, -0.25) is 4.79 Å². The summed E-state index contributed by atoms with van der Waals surface area (Å²) in [4.78, 5) is 16.8. The Kier molecular flexibility index (Phi) is 18.0. The van der Waals surface area contributed by atoms with Gasteiger partial charge in [0.25, 0.3) is 6.47 Å².